The number of aliphatic imine (C=N–C) groups is 1. The first-order valence-electron chi connectivity index (χ1n) is 12.4. The monoisotopic (exact) mass is 567 g/mol. The topological polar surface area (TPSA) is 89.0 Å². The molecule has 9 heteroatoms. The molecule has 0 aromatic heterocycles. The number of anilines is 1. The minimum atomic E-state index is -4.08. The lowest BCUT2D eigenvalue weighted by Gasteiger charge is -2.18. The number of rotatable bonds is 11. The molecule has 0 saturated heterocycles. The predicted molar refractivity (Wildman–Crippen MR) is 161 cm³/mol. The predicted octanol–water partition coefficient (Wildman–Crippen LogP) is 7.36. The number of hydrogen-bond donors (Lipinski definition) is 2. The van der Waals surface area contributed by atoms with Crippen molar-refractivity contribution in [1.29, 1.82) is 0 Å². The Labute approximate surface area is 236 Å². The second-order valence-corrected chi connectivity index (χ2v) is 10.9. The smallest absolute Gasteiger partial charge is 0.321 e. The number of para-hydroxylation sites is 2. The number of methoxy groups -OCH3 is 1. The molecule has 39 heavy (non-hydrogen) atoms. The number of ether oxygens (including phenoxy) is 2. The van der Waals surface area contributed by atoms with E-state index < -0.39 is 10.2 Å². The first-order valence-corrected chi connectivity index (χ1v) is 14.3. The Morgan fingerprint density at radius 3 is 2.36 bits per heavy atom. The average molecular weight is 568 g/mol. The molecule has 0 saturated carbocycles. The van der Waals surface area contributed by atoms with Crippen LogP contribution in [0.3, 0.4) is 0 Å². The molecule has 0 aliphatic carbocycles. The van der Waals surface area contributed by atoms with Gasteiger partial charge < -0.3 is 9.47 Å². The van der Waals surface area contributed by atoms with Gasteiger partial charge in [-0.3, -0.25) is 9.44 Å². The second kappa shape index (κ2) is 13.4. The Morgan fingerprint density at radius 1 is 1.10 bits per heavy atom. The minimum Gasteiger partial charge on any atom is -0.493 e. The number of nitrogens with zero attached hydrogens (tertiary/aromatic N) is 1. The van der Waals surface area contributed by atoms with E-state index in [4.69, 9.17) is 21.1 Å². The van der Waals surface area contributed by atoms with Crippen molar-refractivity contribution in [2.24, 2.45) is 4.99 Å². The minimum absolute atomic E-state index is 0.0220. The summed E-state index contributed by atoms with van der Waals surface area (Å²) in [4.78, 5) is 4.63. The molecule has 0 fully saturated rings. The van der Waals surface area contributed by atoms with Crippen molar-refractivity contribution >= 4 is 32.7 Å². The van der Waals surface area contributed by atoms with Crippen molar-refractivity contribution in [3.63, 3.8) is 0 Å². The van der Waals surface area contributed by atoms with Crippen molar-refractivity contribution in [3.05, 3.63) is 113 Å². The van der Waals surface area contributed by atoms with Crippen LogP contribution < -0.4 is 18.9 Å². The van der Waals surface area contributed by atoms with E-state index in [2.05, 4.69) is 34.9 Å². The molecule has 0 spiro atoms. The van der Waals surface area contributed by atoms with Gasteiger partial charge in [-0.1, -0.05) is 80.6 Å². The second-order valence-electron chi connectivity index (χ2n) is 9.11. The average Bonchev–Trinajstić information content (AvgIpc) is 3.00. The number of allylic oxidation sites excluding steroid dienone is 6. The van der Waals surface area contributed by atoms with E-state index in [1.807, 2.05) is 44.2 Å². The van der Waals surface area contributed by atoms with Gasteiger partial charge in [0.15, 0.2) is 22.4 Å². The molecule has 2 aromatic rings. The zero-order valence-electron chi connectivity index (χ0n) is 22.8. The van der Waals surface area contributed by atoms with Crippen LogP contribution in [0.1, 0.15) is 45.6 Å². The molecule has 0 atom stereocenters. The standard InChI is InChI=1S/C30H34ClN3O4S/c1-7-11-23(12-8-2)28-21(5)19-25(29(30(31)32-28)38-27-14-10-9-13-26(27)37-6)34-39(35,36)33-24-17-15-22(16-18-24)20(3)4/h7-18,20,33-34H,1,19H2,2-6H3/b12-8-,23-11+. The van der Waals surface area contributed by atoms with Crippen molar-refractivity contribution < 1.29 is 17.9 Å². The maximum absolute atomic E-state index is 13.3. The third-order valence-electron chi connectivity index (χ3n) is 5.80. The van der Waals surface area contributed by atoms with Gasteiger partial charge in [-0.2, -0.15) is 8.42 Å². The van der Waals surface area contributed by atoms with Crippen LogP contribution in [0.15, 0.2) is 113 Å². The number of hydrogen-bond acceptors (Lipinski definition) is 5. The summed E-state index contributed by atoms with van der Waals surface area (Å²) in [5.74, 6) is 1.20. The summed E-state index contributed by atoms with van der Waals surface area (Å²) in [7, 11) is -2.56. The summed E-state index contributed by atoms with van der Waals surface area (Å²) in [6, 6.07) is 14.2. The molecular weight excluding hydrogens is 534 g/mol. The van der Waals surface area contributed by atoms with E-state index in [1.54, 1.807) is 42.5 Å². The van der Waals surface area contributed by atoms with Gasteiger partial charge in [-0.15, -0.1) is 0 Å². The third kappa shape index (κ3) is 7.88. The van der Waals surface area contributed by atoms with E-state index in [0.29, 0.717) is 28.8 Å². The van der Waals surface area contributed by atoms with Crippen LogP contribution in [0.4, 0.5) is 5.69 Å². The normalized spacial score (nSPS) is 14.8. The van der Waals surface area contributed by atoms with Gasteiger partial charge in [-0.25, -0.2) is 4.99 Å². The molecule has 206 valence electrons. The lowest BCUT2D eigenvalue weighted by atomic mass is 10.0. The van der Waals surface area contributed by atoms with Crippen LogP contribution in [0.25, 0.3) is 0 Å². The quantitative estimate of drug-likeness (QED) is 0.278. The summed E-state index contributed by atoms with van der Waals surface area (Å²) < 4.78 is 43.4. The number of halogens is 1. The Morgan fingerprint density at radius 2 is 1.77 bits per heavy atom. The lowest BCUT2D eigenvalue weighted by molar-refractivity contribution is 0.368. The van der Waals surface area contributed by atoms with Crippen LogP contribution >= 0.6 is 11.6 Å². The van der Waals surface area contributed by atoms with Crippen LogP contribution in [0, 0.1) is 0 Å². The largest absolute Gasteiger partial charge is 0.493 e. The Balaban J connectivity index is 2.07. The highest BCUT2D eigenvalue weighted by Crippen LogP contribution is 2.34. The van der Waals surface area contributed by atoms with Crippen LogP contribution in [-0.4, -0.2) is 20.7 Å². The number of benzene rings is 2. The Hall–Kier alpha value is -3.75. The molecule has 7 nitrogen and oxygen atoms in total. The fourth-order valence-electron chi connectivity index (χ4n) is 3.91. The molecule has 0 bridgehead atoms. The van der Waals surface area contributed by atoms with Gasteiger partial charge in [0.2, 0.25) is 0 Å². The Kier molecular flexibility index (Phi) is 10.2. The molecule has 1 aliphatic heterocycles. The summed E-state index contributed by atoms with van der Waals surface area (Å²) in [6.07, 6.45) is 7.39. The molecule has 2 N–H and O–H groups in total. The van der Waals surface area contributed by atoms with Gasteiger partial charge >= 0.3 is 10.2 Å². The van der Waals surface area contributed by atoms with Crippen LogP contribution in [-0.2, 0) is 10.2 Å². The van der Waals surface area contributed by atoms with E-state index in [9.17, 15) is 8.42 Å². The van der Waals surface area contributed by atoms with Crippen molar-refractivity contribution in [3.8, 4) is 11.5 Å². The van der Waals surface area contributed by atoms with Gasteiger partial charge in [0, 0.05) is 6.42 Å². The first-order chi connectivity index (χ1) is 18.6. The molecular formula is C30H34ClN3O4S. The zero-order chi connectivity index (χ0) is 28.6. The molecule has 0 radical (unpaired) electrons. The molecule has 0 unspecified atom stereocenters. The number of nitrogens with one attached hydrogen (secondary N) is 2. The highest BCUT2D eigenvalue weighted by molar-refractivity contribution is 7.90. The van der Waals surface area contributed by atoms with Crippen molar-refractivity contribution in [2.75, 3.05) is 11.8 Å². The fraction of sp³-hybridized carbons (Fsp3) is 0.233. The highest BCUT2D eigenvalue weighted by Gasteiger charge is 2.26. The van der Waals surface area contributed by atoms with Gasteiger partial charge in [0.1, 0.15) is 0 Å². The van der Waals surface area contributed by atoms with E-state index in [1.165, 1.54) is 7.11 Å². The lowest BCUT2D eigenvalue weighted by Crippen LogP contribution is -2.31. The first kappa shape index (κ1) is 29.8. The van der Waals surface area contributed by atoms with Crippen molar-refractivity contribution in [1.82, 2.24) is 4.72 Å². The molecule has 3 rings (SSSR count). The van der Waals surface area contributed by atoms with Crippen LogP contribution in [0.2, 0.25) is 0 Å². The Bertz CT molecular complexity index is 1470. The zero-order valence-corrected chi connectivity index (χ0v) is 24.4. The summed E-state index contributed by atoms with van der Waals surface area (Å²) in [6.45, 7) is 11.7. The van der Waals surface area contributed by atoms with Gasteiger partial charge in [-0.05, 0) is 60.7 Å². The van der Waals surface area contributed by atoms with Gasteiger partial charge in [0.25, 0.3) is 0 Å². The summed E-state index contributed by atoms with van der Waals surface area (Å²) >= 11 is 6.73. The molecule has 0 amide bonds. The SMILES string of the molecule is C=C/C=C(\C=C/C)C1=C(C)CC(NS(=O)(=O)Nc2ccc(C(C)C)cc2)=C(Oc2ccccc2OC)C(Cl)=N1. The van der Waals surface area contributed by atoms with Gasteiger partial charge in [0.05, 0.1) is 24.2 Å². The summed E-state index contributed by atoms with van der Waals surface area (Å²) in [5.41, 5.74) is 3.87. The summed E-state index contributed by atoms with van der Waals surface area (Å²) in [5, 5.41) is -0.0220. The van der Waals surface area contributed by atoms with Crippen LogP contribution in [0.5, 0.6) is 11.5 Å². The van der Waals surface area contributed by atoms with Crippen molar-refractivity contribution in [2.45, 2.75) is 40.0 Å². The molecule has 1 heterocycles. The third-order valence-corrected chi connectivity index (χ3v) is 7.08. The highest BCUT2D eigenvalue weighted by atomic mass is 35.5. The maximum Gasteiger partial charge on any atom is 0.321 e. The fourth-order valence-corrected chi connectivity index (χ4v) is 5.13. The van der Waals surface area contributed by atoms with E-state index in [-0.39, 0.29) is 23.0 Å². The van der Waals surface area contributed by atoms with E-state index in [0.717, 1.165) is 16.7 Å². The van der Waals surface area contributed by atoms with E-state index >= 15 is 0 Å². The molecule has 1 aliphatic rings. The maximum atomic E-state index is 13.3. The molecule has 2 aromatic carbocycles.